The van der Waals surface area contributed by atoms with Gasteiger partial charge in [0, 0.05) is 38.3 Å². The number of amides is 1. The number of halogens is 2. The Balaban J connectivity index is 1.38. The van der Waals surface area contributed by atoms with Crippen LogP contribution >= 0.6 is 23.2 Å². The molecule has 0 spiro atoms. The molecule has 2 fully saturated rings. The topological polar surface area (TPSA) is 32.8 Å². The molecular weight excluding hydrogens is 347 g/mol. The standard InChI is InChI=1S/C18H24Cl2N2O2/c19-16-6-5-15(13-17(16)20)24-12-7-18(23)22-10-8-21(9-11-22)14-3-1-2-4-14/h5-6,13-14H,1-4,7-12H2. The molecule has 132 valence electrons. The number of ether oxygens (including phenoxy) is 1. The van der Waals surface area contributed by atoms with Crippen LogP contribution in [0.2, 0.25) is 10.0 Å². The van der Waals surface area contributed by atoms with E-state index < -0.39 is 0 Å². The van der Waals surface area contributed by atoms with Crippen molar-refractivity contribution < 1.29 is 9.53 Å². The van der Waals surface area contributed by atoms with E-state index in [0.29, 0.717) is 28.8 Å². The van der Waals surface area contributed by atoms with Crippen LogP contribution in [0.1, 0.15) is 32.1 Å². The fourth-order valence-corrected chi connectivity index (χ4v) is 3.87. The van der Waals surface area contributed by atoms with E-state index in [2.05, 4.69) is 4.90 Å². The van der Waals surface area contributed by atoms with Gasteiger partial charge in [0.05, 0.1) is 23.1 Å². The lowest BCUT2D eigenvalue weighted by Crippen LogP contribution is -2.51. The van der Waals surface area contributed by atoms with Crippen molar-refractivity contribution in [3.8, 4) is 5.75 Å². The Bertz CT molecular complexity index is 568. The van der Waals surface area contributed by atoms with Gasteiger partial charge in [0.15, 0.2) is 0 Å². The first-order valence-corrected chi connectivity index (χ1v) is 9.49. The molecule has 1 amide bonds. The van der Waals surface area contributed by atoms with Gasteiger partial charge in [0.25, 0.3) is 0 Å². The lowest BCUT2D eigenvalue weighted by molar-refractivity contribution is -0.133. The van der Waals surface area contributed by atoms with Crippen LogP contribution < -0.4 is 4.74 Å². The van der Waals surface area contributed by atoms with E-state index >= 15 is 0 Å². The average molecular weight is 371 g/mol. The Morgan fingerprint density at radius 2 is 1.79 bits per heavy atom. The normalized spacial score (nSPS) is 19.7. The van der Waals surface area contributed by atoms with Gasteiger partial charge < -0.3 is 9.64 Å². The molecule has 1 aromatic carbocycles. The van der Waals surface area contributed by atoms with E-state index in [1.54, 1.807) is 18.2 Å². The highest BCUT2D eigenvalue weighted by molar-refractivity contribution is 6.42. The second-order valence-corrected chi connectivity index (χ2v) is 7.34. The second-order valence-electron chi connectivity index (χ2n) is 6.53. The van der Waals surface area contributed by atoms with Gasteiger partial charge in [-0.25, -0.2) is 0 Å². The number of piperazine rings is 1. The van der Waals surface area contributed by atoms with Gasteiger partial charge in [-0.3, -0.25) is 9.69 Å². The van der Waals surface area contributed by atoms with E-state index in [1.807, 2.05) is 4.90 Å². The minimum absolute atomic E-state index is 0.168. The van der Waals surface area contributed by atoms with E-state index in [9.17, 15) is 4.79 Å². The van der Waals surface area contributed by atoms with E-state index in [-0.39, 0.29) is 5.91 Å². The number of benzene rings is 1. The molecule has 1 aliphatic heterocycles. The van der Waals surface area contributed by atoms with Crippen LogP contribution in [0.25, 0.3) is 0 Å². The Morgan fingerprint density at radius 1 is 1.08 bits per heavy atom. The molecule has 0 radical (unpaired) electrons. The quantitative estimate of drug-likeness (QED) is 0.788. The predicted molar refractivity (Wildman–Crippen MR) is 97.0 cm³/mol. The summed E-state index contributed by atoms with van der Waals surface area (Å²) < 4.78 is 5.60. The van der Waals surface area contributed by atoms with Crippen molar-refractivity contribution in [3.05, 3.63) is 28.2 Å². The highest BCUT2D eigenvalue weighted by Gasteiger charge is 2.27. The van der Waals surface area contributed by atoms with Crippen LogP contribution in [0.5, 0.6) is 5.75 Å². The van der Waals surface area contributed by atoms with Gasteiger partial charge >= 0.3 is 0 Å². The molecule has 0 N–H and O–H groups in total. The smallest absolute Gasteiger partial charge is 0.226 e. The summed E-state index contributed by atoms with van der Waals surface area (Å²) in [5.41, 5.74) is 0. The number of hydrogen-bond donors (Lipinski definition) is 0. The largest absolute Gasteiger partial charge is 0.493 e. The van der Waals surface area contributed by atoms with Crippen molar-refractivity contribution >= 4 is 29.1 Å². The zero-order valence-electron chi connectivity index (χ0n) is 13.8. The number of carbonyl (C=O) groups excluding carboxylic acids is 1. The maximum Gasteiger partial charge on any atom is 0.226 e. The summed E-state index contributed by atoms with van der Waals surface area (Å²) >= 11 is 11.8. The van der Waals surface area contributed by atoms with Crippen molar-refractivity contribution in [2.75, 3.05) is 32.8 Å². The van der Waals surface area contributed by atoms with Crippen LogP contribution in [0.3, 0.4) is 0 Å². The molecule has 0 atom stereocenters. The van der Waals surface area contributed by atoms with Crippen molar-refractivity contribution in [1.82, 2.24) is 9.80 Å². The van der Waals surface area contributed by atoms with E-state index in [1.165, 1.54) is 25.7 Å². The Kier molecular flexibility index (Phi) is 6.25. The molecular formula is C18H24Cl2N2O2. The minimum Gasteiger partial charge on any atom is -0.493 e. The van der Waals surface area contributed by atoms with Crippen LogP contribution in [-0.2, 0) is 4.79 Å². The first kappa shape index (κ1) is 17.8. The number of hydrogen-bond acceptors (Lipinski definition) is 3. The van der Waals surface area contributed by atoms with Gasteiger partial charge in [0.2, 0.25) is 5.91 Å². The summed E-state index contributed by atoms with van der Waals surface area (Å²) in [7, 11) is 0. The van der Waals surface area contributed by atoms with E-state index in [0.717, 1.165) is 32.2 Å². The molecule has 24 heavy (non-hydrogen) atoms. The van der Waals surface area contributed by atoms with Gasteiger partial charge in [-0.05, 0) is 25.0 Å². The van der Waals surface area contributed by atoms with E-state index in [4.69, 9.17) is 27.9 Å². The van der Waals surface area contributed by atoms with Gasteiger partial charge in [0.1, 0.15) is 5.75 Å². The van der Waals surface area contributed by atoms with Crippen LogP contribution in [-0.4, -0.2) is 54.5 Å². The molecule has 1 saturated carbocycles. The third-order valence-electron chi connectivity index (χ3n) is 4.98. The number of carbonyl (C=O) groups is 1. The Labute approximate surface area is 153 Å². The Morgan fingerprint density at radius 3 is 2.46 bits per heavy atom. The highest BCUT2D eigenvalue weighted by atomic mass is 35.5. The fraction of sp³-hybridized carbons (Fsp3) is 0.611. The van der Waals surface area contributed by atoms with Crippen molar-refractivity contribution in [3.63, 3.8) is 0 Å². The molecule has 3 rings (SSSR count). The predicted octanol–water partition coefficient (Wildman–Crippen LogP) is 3.85. The lowest BCUT2D eigenvalue weighted by atomic mass is 10.2. The number of nitrogens with zero attached hydrogens (tertiary/aromatic N) is 2. The first-order valence-electron chi connectivity index (χ1n) is 8.73. The molecule has 1 saturated heterocycles. The molecule has 1 aromatic rings. The fourth-order valence-electron chi connectivity index (χ4n) is 3.59. The monoisotopic (exact) mass is 370 g/mol. The van der Waals surface area contributed by atoms with Crippen LogP contribution in [0.4, 0.5) is 0 Å². The summed E-state index contributed by atoms with van der Waals surface area (Å²) in [5.74, 6) is 0.810. The molecule has 4 nitrogen and oxygen atoms in total. The number of rotatable bonds is 5. The van der Waals surface area contributed by atoms with Crippen molar-refractivity contribution in [2.24, 2.45) is 0 Å². The SMILES string of the molecule is O=C(CCOc1ccc(Cl)c(Cl)c1)N1CCN(C2CCCC2)CC1. The summed E-state index contributed by atoms with van der Waals surface area (Å²) in [4.78, 5) is 16.8. The summed E-state index contributed by atoms with van der Waals surface area (Å²) in [6.07, 6.45) is 5.76. The molecule has 2 aliphatic rings. The third-order valence-corrected chi connectivity index (χ3v) is 5.72. The lowest BCUT2D eigenvalue weighted by Gasteiger charge is -2.38. The minimum atomic E-state index is 0.168. The highest BCUT2D eigenvalue weighted by Crippen LogP contribution is 2.26. The van der Waals surface area contributed by atoms with Crippen molar-refractivity contribution in [1.29, 1.82) is 0 Å². The molecule has 1 aliphatic carbocycles. The zero-order valence-corrected chi connectivity index (χ0v) is 15.4. The Hall–Kier alpha value is -0.970. The second kappa shape index (κ2) is 8.41. The molecule has 0 bridgehead atoms. The summed E-state index contributed by atoms with van der Waals surface area (Å²) in [5, 5.41) is 0.962. The maximum atomic E-state index is 12.3. The average Bonchev–Trinajstić information content (AvgIpc) is 3.13. The molecule has 0 aromatic heterocycles. The van der Waals surface area contributed by atoms with Gasteiger partial charge in [-0.1, -0.05) is 36.0 Å². The van der Waals surface area contributed by atoms with Crippen molar-refractivity contribution in [2.45, 2.75) is 38.1 Å². The van der Waals surface area contributed by atoms with Crippen LogP contribution in [0.15, 0.2) is 18.2 Å². The molecule has 1 heterocycles. The molecule has 0 unspecified atom stereocenters. The summed E-state index contributed by atoms with van der Waals surface area (Å²) in [6.45, 7) is 4.04. The first-order chi connectivity index (χ1) is 11.6. The zero-order chi connectivity index (χ0) is 16.9. The third kappa shape index (κ3) is 4.56. The van der Waals surface area contributed by atoms with Gasteiger partial charge in [-0.2, -0.15) is 0 Å². The van der Waals surface area contributed by atoms with Gasteiger partial charge in [-0.15, -0.1) is 0 Å². The van der Waals surface area contributed by atoms with Crippen LogP contribution in [0, 0.1) is 0 Å². The maximum absolute atomic E-state index is 12.3. The summed E-state index contributed by atoms with van der Waals surface area (Å²) in [6, 6.07) is 5.89. The molecule has 6 heteroatoms.